The maximum absolute atomic E-state index is 15.7. The van der Waals surface area contributed by atoms with Gasteiger partial charge in [-0.25, -0.2) is 9.59 Å². The first-order chi connectivity index (χ1) is 26.4. The highest BCUT2D eigenvalue weighted by atomic mass is 31.2. The van der Waals surface area contributed by atoms with E-state index in [2.05, 4.69) is 0 Å². The van der Waals surface area contributed by atoms with Crippen LogP contribution in [-0.2, 0) is 28.7 Å². The van der Waals surface area contributed by atoms with Gasteiger partial charge in [0.1, 0.15) is 10.6 Å². The fourth-order valence-electron chi connectivity index (χ4n) is 6.96. The Bertz CT molecular complexity index is 1980. The van der Waals surface area contributed by atoms with E-state index in [1.54, 1.807) is 13.8 Å². The standard InChI is InChI=1S/C46H40O6P2/c1-3-51-45(49)43(53(35-23-11-5-12-24-35,36-25-13-6-14-26-36)37-27-15-7-16-28-37)41(47)42(48)44(46(50)52-4-2)54(38-29-17-8-18-30-38,39-31-19-9-20-32-39)40-33-21-10-22-34-40/h5-34H,3-4H2,1-2H3. The summed E-state index contributed by atoms with van der Waals surface area (Å²) in [6.07, 6.45) is 0. The van der Waals surface area contributed by atoms with Crippen molar-refractivity contribution in [2.75, 3.05) is 13.2 Å². The van der Waals surface area contributed by atoms with E-state index in [-0.39, 0.29) is 23.8 Å². The van der Waals surface area contributed by atoms with Crippen LogP contribution in [-0.4, -0.2) is 47.3 Å². The zero-order valence-electron chi connectivity index (χ0n) is 30.1. The average molecular weight is 751 g/mol. The Morgan fingerprint density at radius 1 is 0.352 bits per heavy atom. The van der Waals surface area contributed by atoms with Crippen LogP contribution in [0.15, 0.2) is 182 Å². The Balaban J connectivity index is 1.87. The molecule has 8 heteroatoms. The molecule has 270 valence electrons. The first-order valence-corrected chi connectivity index (χ1v) is 21.3. The van der Waals surface area contributed by atoms with Gasteiger partial charge in [0.2, 0.25) is 11.6 Å². The molecule has 0 aliphatic heterocycles. The lowest BCUT2D eigenvalue weighted by molar-refractivity contribution is -0.139. The number of esters is 2. The molecule has 0 fully saturated rings. The van der Waals surface area contributed by atoms with Gasteiger partial charge >= 0.3 is 11.9 Å². The topological polar surface area (TPSA) is 86.7 Å². The number of carbonyl (C=O) groups is 4. The van der Waals surface area contributed by atoms with Gasteiger partial charge in [0.25, 0.3) is 0 Å². The van der Waals surface area contributed by atoms with Crippen LogP contribution in [0.3, 0.4) is 0 Å². The Hall–Kier alpha value is -5.80. The van der Waals surface area contributed by atoms with Crippen LogP contribution in [0.2, 0.25) is 0 Å². The number of ether oxygens (including phenoxy) is 2. The molecule has 0 heterocycles. The molecule has 0 aliphatic rings. The predicted octanol–water partition coefficient (Wildman–Crippen LogP) is 5.58. The molecule has 0 saturated heterocycles. The van der Waals surface area contributed by atoms with Crippen LogP contribution in [0.4, 0.5) is 0 Å². The molecule has 6 rings (SSSR count). The fraction of sp³-hybridized carbons (Fsp3) is 0.0870. The van der Waals surface area contributed by atoms with Gasteiger partial charge in [0, 0.05) is 0 Å². The molecular formula is C46H40O6P2. The minimum Gasteiger partial charge on any atom is -0.462 e. The van der Waals surface area contributed by atoms with Crippen LogP contribution >= 0.6 is 13.8 Å². The molecule has 6 aromatic carbocycles. The zero-order chi connectivity index (χ0) is 38.0. The molecule has 54 heavy (non-hydrogen) atoms. The lowest BCUT2D eigenvalue weighted by Gasteiger charge is -2.33. The van der Waals surface area contributed by atoms with E-state index >= 15 is 9.59 Å². The molecule has 0 aliphatic carbocycles. The quantitative estimate of drug-likeness (QED) is 0.0664. The average Bonchev–Trinajstić information content (AvgIpc) is 3.23. The number of hydrogen-bond acceptors (Lipinski definition) is 6. The highest BCUT2D eigenvalue weighted by molar-refractivity contribution is 7.99. The third-order valence-corrected chi connectivity index (χ3v) is 17.7. The van der Waals surface area contributed by atoms with Crippen molar-refractivity contribution in [3.63, 3.8) is 0 Å². The van der Waals surface area contributed by atoms with Gasteiger partial charge in [-0.1, -0.05) is 182 Å². The number of Topliss-reactive ketones (excluding diaryl/α,β-unsaturated/α-hetero) is 2. The minimum atomic E-state index is -3.49. The maximum Gasteiger partial charge on any atom is 0.343 e. The summed E-state index contributed by atoms with van der Waals surface area (Å²) in [5, 5.41) is 3.34. The summed E-state index contributed by atoms with van der Waals surface area (Å²) in [7, 11) is 0. The van der Waals surface area contributed by atoms with E-state index in [9.17, 15) is 9.59 Å². The molecule has 0 radical (unpaired) electrons. The van der Waals surface area contributed by atoms with E-state index < -0.39 is 37.3 Å². The lowest BCUT2D eigenvalue weighted by atomic mass is 10.1. The first kappa shape index (κ1) is 37.9. The smallest absolute Gasteiger partial charge is 0.343 e. The monoisotopic (exact) mass is 750 g/mol. The van der Waals surface area contributed by atoms with Crippen molar-refractivity contribution in [2.45, 2.75) is 13.8 Å². The summed E-state index contributed by atoms with van der Waals surface area (Å²) in [6, 6.07) is 55.7. The van der Waals surface area contributed by atoms with Gasteiger partial charge in [-0.3, -0.25) is 9.59 Å². The molecule has 6 aromatic rings. The molecule has 0 amide bonds. The molecule has 0 atom stereocenters. The van der Waals surface area contributed by atoms with Crippen molar-refractivity contribution in [3.8, 4) is 0 Å². The maximum atomic E-state index is 15.7. The van der Waals surface area contributed by atoms with Gasteiger partial charge in [-0.2, -0.15) is 0 Å². The van der Waals surface area contributed by atoms with E-state index in [4.69, 9.17) is 9.47 Å². The molecule has 0 spiro atoms. The number of benzene rings is 6. The van der Waals surface area contributed by atoms with Crippen molar-refractivity contribution < 1.29 is 28.7 Å². The van der Waals surface area contributed by atoms with E-state index in [0.717, 1.165) is 0 Å². The number of rotatable bonds is 13. The summed E-state index contributed by atoms with van der Waals surface area (Å²) < 4.78 is 11.5. The van der Waals surface area contributed by atoms with Gasteiger partial charge in [0.15, 0.2) is 0 Å². The number of hydrogen-bond donors (Lipinski definition) is 0. The number of ketones is 2. The molecule has 0 saturated carbocycles. The van der Waals surface area contributed by atoms with Crippen molar-refractivity contribution in [1.82, 2.24) is 0 Å². The van der Waals surface area contributed by atoms with Crippen molar-refractivity contribution in [2.24, 2.45) is 0 Å². The van der Waals surface area contributed by atoms with Crippen molar-refractivity contribution >= 4 is 79.7 Å². The van der Waals surface area contributed by atoms with Gasteiger partial charge in [-0.15, -0.1) is 0 Å². The lowest BCUT2D eigenvalue weighted by Crippen LogP contribution is -2.46. The summed E-state index contributed by atoms with van der Waals surface area (Å²) in [5.74, 6) is -4.08. The van der Waals surface area contributed by atoms with Crippen LogP contribution in [0.25, 0.3) is 0 Å². The second-order valence-electron chi connectivity index (χ2n) is 12.2. The summed E-state index contributed by atoms with van der Waals surface area (Å²) in [4.78, 5) is 60.9. The molecule has 0 unspecified atom stereocenters. The second-order valence-corrected chi connectivity index (χ2v) is 18.8. The number of carbonyl (C=O) groups excluding carboxylic acids is 4. The Labute approximate surface area is 316 Å². The molecule has 0 N–H and O–H groups in total. The van der Waals surface area contributed by atoms with Crippen LogP contribution < -0.4 is 31.8 Å². The SMILES string of the molecule is CCOC(=O)C(C(=O)C(=O)C(C(=O)OCC)=P(c1ccccc1)(c1ccccc1)c1ccccc1)=P(c1ccccc1)(c1ccccc1)c1ccccc1. The molecule has 0 bridgehead atoms. The third-order valence-electron chi connectivity index (χ3n) is 9.11. The fourth-order valence-corrected chi connectivity index (χ4v) is 15.5. The third kappa shape index (κ3) is 6.99. The summed E-state index contributed by atoms with van der Waals surface area (Å²) in [5.41, 5.74) is 0. The Kier molecular flexibility index (Phi) is 12.2. The van der Waals surface area contributed by atoms with Crippen molar-refractivity contribution in [1.29, 1.82) is 0 Å². The second kappa shape index (κ2) is 17.4. The van der Waals surface area contributed by atoms with Gasteiger partial charge in [-0.05, 0) is 59.4 Å². The summed E-state index contributed by atoms with van der Waals surface area (Å²) in [6.45, 7) is -3.78. The van der Waals surface area contributed by atoms with Gasteiger partial charge in [0.05, 0.1) is 13.2 Å². The van der Waals surface area contributed by atoms with Gasteiger partial charge < -0.3 is 9.47 Å². The highest BCUT2D eigenvalue weighted by Crippen LogP contribution is 2.49. The van der Waals surface area contributed by atoms with E-state index in [1.165, 1.54) is 0 Å². The van der Waals surface area contributed by atoms with Crippen LogP contribution in [0, 0.1) is 0 Å². The Morgan fingerprint density at radius 2 is 0.537 bits per heavy atom. The Morgan fingerprint density at radius 3 is 0.704 bits per heavy atom. The predicted molar refractivity (Wildman–Crippen MR) is 224 cm³/mol. The first-order valence-electron chi connectivity index (χ1n) is 17.7. The largest absolute Gasteiger partial charge is 0.462 e. The van der Waals surface area contributed by atoms with Crippen LogP contribution in [0.1, 0.15) is 13.8 Å². The highest BCUT2D eigenvalue weighted by Gasteiger charge is 2.45. The molecule has 0 aromatic heterocycles. The summed E-state index contributed by atoms with van der Waals surface area (Å²) >= 11 is 0. The molecule has 6 nitrogen and oxygen atoms in total. The molecular weight excluding hydrogens is 710 g/mol. The van der Waals surface area contributed by atoms with E-state index in [0.29, 0.717) is 31.8 Å². The van der Waals surface area contributed by atoms with Crippen LogP contribution in [0.5, 0.6) is 0 Å². The van der Waals surface area contributed by atoms with Crippen molar-refractivity contribution in [3.05, 3.63) is 182 Å². The zero-order valence-corrected chi connectivity index (χ0v) is 31.9. The van der Waals surface area contributed by atoms with E-state index in [1.807, 2.05) is 182 Å². The normalized spacial score (nSPS) is 11.2. The minimum absolute atomic E-state index is 0.0500.